The van der Waals surface area contributed by atoms with Crippen LogP contribution in [0.4, 0.5) is 0 Å². The quantitative estimate of drug-likeness (QED) is 0.469. The fourth-order valence-corrected chi connectivity index (χ4v) is 6.34. The average molecular weight is 431 g/mol. The van der Waals surface area contributed by atoms with E-state index in [0.29, 0.717) is 37.0 Å². The number of hydrogen-bond acceptors (Lipinski definition) is 4. The van der Waals surface area contributed by atoms with Crippen molar-refractivity contribution in [3.8, 4) is 0 Å². The molecule has 0 aromatic rings. The minimum absolute atomic E-state index is 0.223. The van der Waals surface area contributed by atoms with Crippen LogP contribution in [0, 0.1) is 23.2 Å². The van der Waals surface area contributed by atoms with Gasteiger partial charge in [-0.25, -0.2) is 0 Å². The van der Waals surface area contributed by atoms with Crippen molar-refractivity contribution in [2.45, 2.75) is 89.9 Å². The highest BCUT2D eigenvalue weighted by atomic mass is 16.3. The van der Waals surface area contributed by atoms with Crippen LogP contribution in [0.2, 0.25) is 0 Å². The fourth-order valence-electron chi connectivity index (χ4n) is 6.34. The monoisotopic (exact) mass is 430 g/mol. The molecule has 0 radical (unpaired) electrons. The van der Waals surface area contributed by atoms with Crippen molar-refractivity contribution >= 4 is 0 Å². The lowest BCUT2D eigenvalue weighted by atomic mass is 9.61. The molecule has 4 heteroatoms. The van der Waals surface area contributed by atoms with Crippen LogP contribution in [0.15, 0.2) is 47.6 Å². The summed E-state index contributed by atoms with van der Waals surface area (Å²) in [5, 5.41) is 39.5. The summed E-state index contributed by atoms with van der Waals surface area (Å²) in [6.07, 6.45) is 14.9. The molecular formula is C27H42O4. The summed E-state index contributed by atoms with van der Waals surface area (Å²) in [6, 6.07) is 0. The van der Waals surface area contributed by atoms with Gasteiger partial charge in [-0.05, 0) is 86.2 Å². The first-order valence-electron chi connectivity index (χ1n) is 12.0. The van der Waals surface area contributed by atoms with E-state index in [-0.39, 0.29) is 12.0 Å². The molecule has 0 aromatic carbocycles. The Labute approximate surface area is 188 Å². The van der Waals surface area contributed by atoms with Gasteiger partial charge in [0.05, 0.1) is 24.4 Å². The highest BCUT2D eigenvalue weighted by Gasteiger charge is 2.50. The minimum Gasteiger partial charge on any atom is -0.393 e. The van der Waals surface area contributed by atoms with Gasteiger partial charge in [0, 0.05) is 6.42 Å². The molecule has 0 bridgehead atoms. The molecule has 0 spiro atoms. The van der Waals surface area contributed by atoms with Crippen molar-refractivity contribution in [3.05, 3.63) is 47.6 Å². The smallest absolute Gasteiger partial charge is 0.0883 e. The van der Waals surface area contributed by atoms with Crippen molar-refractivity contribution in [1.29, 1.82) is 0 Å². The maximum Gasteiger partial charge on any atom is 0.0883 e. The Morgan fingerprint density at radius 2 is 2.00 bits per heavy atom. The van der Waals surface area contributed by atoms with Crippen LogP contribution in [-0.2, 0) is 0 Å². The van der Waals surface area contributed by atoms with E-state index in [0.717, 1.165) is 17.6 Å². The molecule has 4 nitrogen and oxygen atoms in total. The zero-order valence-corrected chi connectivity index (χ0v) is 19.6. The third-order valence-corrected chi connectivity index (χ3v) is 8.27. The molecule has 174 valence electrons. The molecule has 0 unspecified atom stereocenters. The first-order chi connectivity index (χ1) is 14.6. The molecular weight excluding hydrogens is 388 g/mol. The molecule has 0 amide bonds. The summed E-state index contributed by atoms with van der Waals surface area (Å²) in [6.45, 7) is 10.2. The maximum atomic E-state index is 10.1. The van der Waals surface area contributed by atoms with Crippen molar-refractivity contribution in [3.63, 3.8) is 0 Å². The van der Waals surface area contributed by atoms with Crippen molar-refractivity contribution in [1.82, 2.24) is 0 Å². The SMILES string of the molecule is C=C1/C(=C/C=C2\CCC[C@]3(C)[C@@H]([C@H](C)/C=C/C[C@](C)(O)CO)CC[C@@H]23)C[C@@H](O)C[C@@H]1O. The van der Waals surface area contributed by atoms with Crippen LogP contribution in [0.3, 0.4) is 0 Å². The predicted octanol–water partition coefficient (Wildman–Crippen LogP) is 4.45. The predicted molar refractivity (Wildman–Crippen MR) is 125 cm³/mol. The lowest BCUT2D eigenvalue weighted by Gasteiger charge is -2.44. The lowest BCUT2D eigenvalue weighted by Crippen LogP contribution is -2.35. The summed E-state index contributed by atoms with van der Waals surface area (Å²) in [5.41, 5.74) is 2.46. The number of rotatable bonds is 6. The first kappa shape index (κ1) is 24.4. The van der Waals surface area contributed by atoms with Crippen LogP contribution in [0.5, 0.6) is 0 Å². The summed E-state index contributed by atoms with van der Waals surface area (Å²) in [5.74, 6) is 1.62. The Bertz CT molecular complexity index is 746. The molecule has 0 aromatic heterocycles. The van der Waals surface area contributed by atoms with Crippen molar-refractivity contribution in [2.24, 2.45) is 23.2 Å². The van der Waals surface area contributed by atoms with Gasteiger partial charge in [0.25, 0.3) is 0 Å². The maximum absolute atomic E-state index is 10.1. The van der Waals surface area contributed by atoms with E-state index in [1.165, 1.54) is 31.3 Å². The summed E-state index contributed by atoms with van der Waals surface area (Å²) < 4.78 is 0. The largest absolute Gasteiger partial charge is 0.393 e. The second-order valence-corrected chi connectivity index (χ2v) is 10.8. The number of aliphatic hydroxyl groups excluding tert-OH is 3. The van der Waals surface area contributed by atoms with Crippen LogP contribution >= 0.6 is 0 Å². The average Bonchev–Trinajstić information content (AvgIpc) is 3.07. The standard InChI is InChI=1S/C27H42O4/c1-18(7-5-13-26(3,31)17-28)23-11-12-24-20(8-6-14-27(23,24)4)9-10-21-15-22(29)16-25(30)19(21)2/h5,7,9-10,18,22-25,28-31H,2,6,8,11-17H2,1,3-4H3/b7-5+,20-9+,21-10+/t18-,22-,23-,24+,25+,26+,27-/m1/s1. The third-order valence-electron chi connectivity index (χ3n) is 8.27. The second-order valence-electron chi connectivity index (χ2n) is 10.8. The Hall–Kier alpha value is -1.20. The van der Waals surface area contributed by atoms with E-state index in [1.54, 1.807) is 6.92 Å². The van der Waals surface area contributed by atoms with Gasteiger partial charge in [-0.2, -0.15) is 0 Å². The van der Waals surface area contributed by atoms with E-state index >= 15 is 0 Å². The van der Waals surface area contributed by atoms with Gasteiger partial charge >= 0.3 is 0 Å². The molecule has 3 fully saturated rings. The number of fused-ring (bicyclic) bond motifs is 1. The zero-order chi connectivity index (χ0) is 22.8. The normalized spacial score (nSPS) is 39.8. The fraction of sp³-hybridized carbons (Fsp3) is 0.704. The third kappa shape index (κ3) is 5.42. The highest BCUT2D eigenvalue weighted by Crippen LogP contribution is 2.59. The first-order valence-corrected chi connectivity index (χ1v) is 12.0. The van der Waals surface area contributed by atoms with Gasteiger partial charge in [0.2, 0.25) is 0 Å². The van der Waals surface area contributed by atoms with Gasteiger partial charge in [-0.3, -0.25) is 0 Å². The van der Waals surface area contributed by atoms with Crippen molar-refractivity contribution < 1.29 is 20.4 Å². The molecule has 4 N–H and O–H groups in total. The summed E-state index contributed by atoms with van der Waals surface area (Å²) >= 11 is 0. The molecule has 0 heterocycles. The number of aliphatic hydroxyl groups is 4. The highest BCUT2D eigenvalue weighted by molar-refractivity contribution is 5.38. The van der Waals surface area contributed by atoms with Crippen LogP contribution in [-0.4, -0.2) is 44.8 Å². The van der Waals surface area contributed by atoms with Gasteiger partial charge in [-0.15, -0.1) is 0 Å². The zero-order valence-electron chi connectivity index (χ0n) is 19.6. The number of hydrogen-bond donors (Lipinski definition) is 4. The second kappa shape index (κ2) is 9.74. The van der Waals surface area contributed by atoms with E-state index in [1.807, 2.05) is 6.08 Å². The van der Waals surface area contributed by atoms with E-state index in [9.17, 15) is 20.4 Å². The molecule has 3 aliphatic rings. The number of allylic oxidation sites excluding steroid dienone is 4. The minimum atomic E-state index is -1.04. The molecule has 31 heavy (non-hydrogen) atoms. The van der Waals surface area contributed by atoms with Gasteiger partial charge in [0.15, 0.2) is 0 Å². The molecule has 3 rings (SSSR count). The molecule has 0 aliphatic heterocycles. The van der Waals surface area contributed by atoms with Gasteiger partial charge in [0.1, 0.15) is 0 Å². The Balaban J connectivity index is 1.73. The van der Waals surface area contributed by atoms with Crippen LogP contribution in [0.25, 0.3) is 0 Å². The Morgan fingerprint density at radius 3 is 2.71 bits per heavy atom. The topological polar surface area (TPSA) is 80.9 Å². The van der Waals surface area contributed by atoms with Gasteiger partial charge < -0.3 is 20.4 Å². The molecule has 0 saturated heterocycles. The molecule has 3 saturated carbocycles. The summed E-state index contributed by atoms with van der Waals surface area (Å²) in [7, 11) is 0. The Morgan fingerprint density at radius 1 is 1.26 bits per heavy atom. The van der Waals surface area contributed by atoms with Crippen LogP contribution < -0.4 is 0 Å². The molecule has 3 aliphatic carbocycles. The lowest BCUT2D eigenvalue weighted by molar-refractivity contribution is 0.00435. The summed E-state index contributed by atoms with van der Waals surface area (Å²) in [4.78, 5) is 0. The van der Waals surface area contributed by atoms with E-state index in [2.05, 4.69) is 38.7 Å². The van der Waals surface area contributed by atoms with Gasteiger partial charge in [-0.1, -0.05) is 50.3 Å². The van der Waals surface area contributed by atoms with E-state index in [4.69, 9.17) is 0 Å². The van der Waals surface area contributed by atoms with Crippen LogP contribution in [0.1, 0.15) is 72.1 Å². The molecule has 7 atom stereocenters. The Kier molecular flexibility index (Phi) is 7.68. The van der Waals surface area contributed by atoms with Crippen molar-refractivity contribution in [2.75, 3.05) is 6.61 Å². The van der Waals surface area contributed by atoms with E-state index < -0.39 is 17.8 Å².